The molecule has 0 bridgehead atoms. The summed E-state index contributed by atoms with van der Waals surface area (Å²) in [5.41, 5.74) is 4.06. The standard InChI is InChI=1S/C28H29N5O4/c1-17(2)22-13-26(33(31-22)14-18-6-8-21(37-3)9-7-18)30-23-11-20(34)12-25(35)27(23)28(36)32-15-19-5-4-10-29-24(19)16-32/h4-13,17,30,34-35H,14-16H2,1-3H3. The van der Waals surface area contributed by atoms with Crippen molar-refractivity contribution in [2.75, 3.05) is 12.4 Å². The van der Waals surface area contributed by atoms with Crippen LogP contribution in [0.2, 0.25) is 0 Å². The van der Waals surface area contributed by atoms with Gasteiger partial charge in [0.15, 0.2) is 0 Å². The minimum atomic E-state index is -0.358. The van der Waals surface area contributed by atoms with Crippen LogP contribution in [0, 0.1) is 0 Å². The summed E-state index contributed by atoms with van der Waals surface area (Å²) < 4.78 is 7.06. The number of hydrogen-bond donors (Lipinski definition) is 3. The van der Waals surface area contributed by atoms with Gasteiger partial charge >= 0.3 is 0 Å². The predicted molar refractivity (Wildman–Crippen MR) is 139 cm³/mol. The number of phenolic OH excluding ortho intramolecular Hbond substituents is 2. The maximum Gasteiger partial charge on any atom is 0.260 e. The van der Waals surface area contributed by atoms with E-state index in [1.165, 1.54) is 12.1 Å². The monoisotopic (exact) mass is 499 g/mol. The van der Waals surface area contributed by atoms with Gasteiger partial charge in [-0.1, -0.05) is 32.0 Å². The van der Waals surface area contributed by atoms with Gasteiger partial charge in [0.2, 0.25) is 0 Å². The Bertz CT molecular complexity index is 1420. The molecule has 2 aromatic carbocycles. The minimum Gasteiger partial charge on any atom is -0.508 e. The van der Waals surface area contributed by atoms with E-state index in [0.717, 1.165) is 28.3 Å². The predicted octanol–water partition coefficient (Wildman–Crippen LogP) is 4.77. The van der Waals surface area contributed by atoms with Crippen LogP contribution in [0.3, 0.4) is 0 Å². The number of aromatic nitrogens is 3. The molecule has 0 spiro atoms. The summed E-state index contributed by atoms with van der Waals surface area (Å²) in [7, 11) is 1.63. The Morgan fingerprint density at radius 2 is 1.89 bits per heavy atom. The molecule has 0 aliphatic carbocycles. The lowest BCUT2D eigenvalue weighted by Gasteiger charge is -2.20. The highest BCUT2D eigenvalue weighted by Crippen LogP contribution is 2.36. The number of fused-ring (bicyclic) bond motifs is 1. The van der Waals surface area contributed by atoms with Crippen molar-refractivity contribution in [2.45, 2.75) is 39.4 Å². The third-order valence-corrected chi connectivity index (χ3v) is 6.43. The van der Waals surface area contributed by atoms with Crippen molar-refractivity contribution in [3.63, 3.8) is 0 Å². The van der Waals surface area contributed by atoms with Crippen molar-refractivity contribution in [1.29, 1.82) is 0 Å². The van der Waals surface area contributed by atoms with Crippen molar-refractivity contribution in [3.8, 4) is 17.2 Å². The number of carbonyl (C=O) groups is 1. The number of ether oxygens (including phenoxy) is 1. The number of phenols is 2. The summed E-state index contributed by atoms with van der Waals surface area (Å²) in [6, 6.07) is 16.0. The first kappa shape index (κ1) is 24.2. The molecule has 0 atom stereocenters. The van der Waals surface area contributed by atoms with Crippen LogP contribution in [0.4, 0.5) is 11.5 Å². The Morgan fingerprint density at radius 3 is 2.59 bits per heavy atom. The molecular formula is C28H29N5O4. The highest BCUT2D eigenvalue weighted by molar-refractivity contribution is 6.03. The third-order valence-electron chi connectivity index (χ3n) is 6.43. The number of methoxy groups -OCH3 is 1. The summed E-state index contributed by atoms with van der Waals surface area (Å²) in [5, 5.41) is 29.0. The fourth-order valence-corrected chi connectivity index (χ4v) is 4.42. The van der Waals surface area contributed by atoms with Gasteiger partial charge in [0.05, 0.1) is 37.3 Å². The van der Waals surface area contributed by atoms with Crippen LogP contribution >= 0.6 is 0 Å². The first-order valence-corrected chi connectivity index (χ1v) is 12.1. The number of benzene rings is 2. The average Bonchev–Trinajstić information content (AvgIpc) is 3.48. The number of hydrogen-bond acceptors (Lipinski definition) is 7. The molecule has 37 heavy (non-hydrogen) atoms. The zero-order valence-corrected chi connectivity index (χ0v) is 21.0. The Morgan fingerprint density at radius 1 is 1.11 bits per heavy atom. The van der Waals surface area contributed by atoms with Crippen molar-refractivity contribution in [2.24, 2.45) is 0 Å². The maximum atomic E-state index is 13.6. The first-order valence-electron chi connectivity index (χ1n) is 12.1. The molecule has 2 aromatic heterocycles. The van der Waals surface area contributed by atoms with Gasteiger partial charge in [-0.05, 0) is 35.2 Å². The smallest absolute Gasteiger partial charge is 0.260 e. The fourth-order valence-electron chi connectivity index (χ4n) is 4.42. The lowest BCUT2D eigenvalue weighted by atomic mass is 10.1. The molecule has 190 valence electrons. The average molecular weight is 500 g/mol. The second-order valence-electron chi connectivity index (χ2n) is 9.40. The van der Waals surface area contributed by atoms with Crippen LogP contribution < -0.4 is 10.1 Å². The highest BCUT2D eigenvalue weighted by atomic mass is 16.5. The largest absolute Gasteiger partial charge is 0.508 e. The number of pyridine rings is 1. The lowest BCUT2D eigenvalue weighted by molar-refractivity contribution is 0.0748. The topological polar surface area (TPSA) is 113 Å². The van der Waals surface area contributed by atoms with Gasteiger partial charge in [-0.15, -0.1) is 0 Å². The number of amides is 1. The van der Waals surface area contributed by atoms with E-state index in [4.69, 9.17) is 9.84 Å². The van der Waals surface area contributed by atoms with Gasteiger partial charge in [0.1, 0.15) is 28.6 Å². The molecule has 3 N–H and O–H groups in total. The van der Waals surface area contributed by atoms with Crippen LogP contribution in [0.25, 0.3) is 0 Å². The molecule has 0 fully saturated rings. The van der Waals surface area contributed by atoms with Crippen LogP contribution in [-0.2, 0) is 19.6 Å². The third kappa shape index (κ3) is 4.93. The van der Waals surface area contributed by atoms with Gasteiger partial charge in [-0.25, -0.2) is 4.68 Å². The Labute approximate surface area is 215 Å². The summed E-state index contributed by atoms with van der Waals surface area (Å²) in [4.78, 5) is 19.6. The van der Waals surface area contributed by atoms with E-state index < -0.39 is 0 Å². The van der Waals surface area contributed by atoms with Crippen molar-refractivity contribution >= 4 is 17.4 Å². The molecular weight excluding hydrogens is 470 g/mol. The summed E-state index contributed by atoms with van der Waals surface area (Å²) in [6.45, 7) is 5.33. The second-order valence-corrected chi connectivity index (χ2v) is 9.40. The SMILES string of the molecule is COc1ccc(Cn2nc(C(C)C)cc2Nc2cc(O)cc(O)c2C(=O)N2Cc3cccnc3C2)cc1. The van der Waals surface area contributed by atoms with Crippen LogP contribution in [0.5, 0.6) is 17.2 Å². The molecule has 1 aliphatic rings. The zero-order chi connectivity index (χ0) is 26.1. The number of rotatable bonds is 7. The summed E-state index contributed by atoms with van der Waals surface area (Å²) in [6.07, 6.45) is 1.70. The van der Waals surface area contributed by atoms with Gasteiger partial charge in [0.25, 0.3) is 5.91 Å². The quantitative estimate of drug-likeness (QED) is 0.336. The number of nitrogens with one attached hydrogen (secondary N) is 1. The van der Waals surface area contributed by atoms with E-state index in [9.17, 15) is 15.0 Å². The summed E-state index contributed by atoms with van der Waals surface area (Å²) in [5.74, 6) is 0.748. The van der Waals surface area contributed by atoms with Crippen LogP contribution in [0.15, 0.2) is 60.8 Å². The van der Waals surface area contributed by atoms with Crippen molar-refractivity contribution in [3.05, 3.63) is 88.9 Å². The normalized spacial score (nSPS) is 12.6. The Kier molecular flexibility index (Phi) is 6.43. The van der Waals surface area contributed by atoms with Gasteiger partial charge in [-0.2, -0.15) is 5.10 Å². The first-order chi connectivity index (χ1) is 17.8. The molecule has 0 saturated carbocycles. The van der Waals surface area contributed by atoms with Gasteiger partial charge < -0.3 is 25.2 Å². The molecule has 3 heterocycles. The fraction of sp³-hybridized carbons (Fsp3) is 0.250. The molecule has 9 nitrogen and oxygen atoms in total. The molecule has 9 heteroatoms. The molecule has 1 amide bonds. The maximum absolute atomic E-state index is 13.6. The van der Waals surface area contributed by atoms with Crippen LogP contribution in [0.1, 0.15) is 52.6 Å². The van der Waals surface area contributed by atoms with Gasteiger partial charge in [0, 0.05) is 30.9 Å². The second kappa shape index (κ2) is 9.85. The number of carbonyl (C=O) groups excluding carboxylic acids is 1. The number of anilines is 2. The Balaban J connectivity index is 1.48. The number of aromatic hydroxyl groups is 2. The summed E-state index contributed by atoms with van der Waals surface area (Å²) >= 11 is 0. The van der Waals surface area contributed by atoms with Gasteiger partial charge in [-0.3, -0.25) is 9.78 Å². The lowest BCUT2D eigenvalue weighted by Crippen LogP contribution is -2.26. The van der Waals surface area contributed by atoms with E-state index >= 15 is 0 Å². The van der Waals surface area contributed by atoms with E-state index in [2.05, 4.69) is 24.1 Å². The number of nitrogens with zero attached hydrogens (tertiary/aromatic N) is 4. The van der Waals surface area contributed by atoms with Crippen molar-refractivity contribution < 1.29 is 19.7 Å². The molecule has 0 radical (unpaired) electrons. The molecule has 5 rings (SSSR count). The Hall–Kier alpha value is -4.53. The highest BCUT2D eigenvalue weighted by Gasteiger charge is 2.29. The molecule has 4 aromatic rings. The molecule has 0 unspecified atom stereocenters. The van der Waals surface area contributed by atoms with Crippen molar-refractivity contribution in [1.82, 2.24) is 19.7 Å². The molecule has 0 saturated heterocycles. The minimum absolute atomic E-state index is 0.0777. The van der Waals surface area contributed by atoms with E-state index in [1.54, 1.807) is 18.2 Å². The van der Waals surface area contributed by atoms with E-state index in [0.29, 0.717) is 25.5 Å². The zero-order valence-electron chi connectivity index (χ0n) is 21.0. The van der Waals surface area contributed by atoms with E-state index in [-0.39, 0.29) is 34.6 Å². The van der Waals surface area contributed by atoms with E-state index in [1.807, 2.05) is 47.1 Å². The molecule has 1 aliphatic heterocycles. The van der Waals surface area contributed by atoms with Crippen LogP contribution in [-0.4, -0.2) is 42.9 Å².